The Morgan fingerprint density at radius 3 is 2.15 bits per heavy atom. The van der Waals surface area contributed by atoms with E-state index in [9.17, 15) is 19.5 Å². The predicted octanol–water partition coefficient (Wildman–Crippen LogP) is 5.99. The van der Waals surface area contributed by atoms with Crippen molar-refractivity contribution in [1.29, 1.82) is 0 Å². The van der Waals surface area contributed by atoms with Crippen molar-refractivity contribution in [2.24, 2.45) is 0 Å². The summed E-state index contributed by atoms with van der Waals surface area (Å²) in [5.41, 5.74) is 4.16. The average molecular weight is 520 g/mol. The monoisotopic (exact) mass is 519 g/mol. The van der Waals surface area contributed by atoms with Gasteiger partial charge in [0.05, 0.1) is 0 Å². The lowest BCUT2D eigenvalue weighted by atomic mass is 9.79. The highest BCUT2D eigenvalue weighted by molar-refractivity contribution is 5.97. The molecule has 0 unspecified atom stereocenters. The van der Waals surface area contributed by atoms with Crippen molar-refractivity contribution in [2.45, 2.75) is 31.2 Å². The Bertz CT molecular complexity index is 1470. The molecule has 3 aromatic carbocycles. The maximum atomic E-state index is 13.3. The van der Waals surface area contributed by atoms with Crippen molar-refractivity contribution in [3.8, 4) is 11.1 Å². The van der Waals surface area contributed by atoms with E-state index in [1.807, 2.05) is 78.9 Å². The molecule has 39 heavy (non-hydrogen) atoms. The maximum absolute atomic E-state index is 13.3. The van der Waals surface area contributed by atoms with Crippen molar-refractivity contribution < 1.29 is 24.2 Å². The van der Waals surface area contributed by atoms with Crippen LogP contribution in [0.15, 0.2) is 114 Å². The van der Waals surface area contributed by atoms with Gasteiger partial charge < -0.3 is 9.84 Å². The predicted molar refractivity (Wildman–Crippen MR) is 149 cm³/mol. The number of carbonyl (C=O) groups excluding carboxylic acids is 2. The number of benzene rings is 3. The molecule has 0 aliphatic heterocycles. The van der Waals surface area contributed by atoms with Gasteiger partial charge in [0.1, 0.15) is 6.61 Å². The van der Waals surface area contributed by atoms with Crippen LogP contribution in [-0.4, -0.2) is 35.1 Å². The number of nitrogens with one attached hydrogen (secondary N) is 1. The van der Waals surface area contributed by atoms with E-state index < -0.39 is 17.6 Å². The van der Waals surface area contributed by atoms with Gasteiger partial charge in [-0.2, -0.15) is 0 Å². The van der Waals surface area contributed by atoms with Gasteiger partial charge in [-0.1, -0.05) is 97.1 Å². The minimum Gasteiger partial charge on any atom is -0.479 e. The number of aliphatic carboxylic acids is 1. The second kappa shape index (κ2) is 11.0. The van der Waals surface area contributed by atoms with E-state index in [4.69, 9.17) is 4.74 Å². The molecule has 0 heterocycles. The number of hydrogen-bond acceptors (Lipinski definition) is 4. The van der Waals surface area contributed by atoms with Crippen LogP contribution in [0.5, 0.6) is 0 Å². The van der Waals surface area contributed by atoms with E-state index in [0.29, 0.717) is 17.6 Å². The normalized spacial score (nSPS) is 16.1. The number of carbonyl (C=O) groups is 3. The van der Waals surface area contributed by atoms with Crippen molar-refractivity contribution in [3.63, 3.8) is 0 Å². The second-order valence-electron chi connectivity index (χ2n) is 9.75. The Morgan fingerprint density at radius 1 is 0.949 bits per heavy atom. The number of allylic oxidation sites excluding steroid dienone is 3. The zero-order valence-electron chi connectivity index (χ0n) is 21.6. The quantitative estimate of drug-likeness (QED) is 0.357. The van der Waals surface area contributed by atoms with E-state index in [1.165, 1.54) is 12.2 Å². The molecule has 2 N–H and O–H groups in total. The van der Waals surface area contributed by atoms with Gasteiger partial charge in [-0.3, -0.25) is 10.1 Å². The van der Waals surface area contributed by atoms with E-state index >= 15 is 0 Å². The maximum Gasteiger partial charge on any atom is 0.408 e. The first-order chi connectivity index (χ1) is 18.9. The average Bonchev–Trinajstić information content (AvgIpc) is 3.28. The van der Waals surface area contributed by atoms with Gasteiger partial charge in [-0.15, -0.1) is 0 Å². The summed E-state index contributed by atoms with van der Waals surface area (Å²) in [6.45, 7) is 1.72. The third kappa shape index (κ3) is 5.06. The summed E-state index contributed by atoms with van der Waals surface area (Å²) in [5, 5.41) is 13.2. The molecule has 6 nitrogen and oxygen atoms in total. The zero-order valence-corrected chi connectivity index (χ0v) is 21.6. The SMILES string of the molecule is C/C(=C\Cc1ccccc1)[C@@](NC(=O)OCC1c2ccccc2-c2ccccc21)(C(=O)O)C1=CCC(=O)C=C1. The number of ketones is 1. The van der Waals surface area contributed by atoms with Crippen LogP contribution in [0.1, 0.15) is 36.0 Å². The number of amides is 1. The summed E-state index contributed by atoms with van der Waals surface area (Å²) in [7, 11) is 0. The van der Waals surface area contributed by atoms with Crippen LogP contribution in [0.4, 0.5) is 4.79 Å². The fraction of sp³-hybridized carbons (Fsp3) is 0.182. The smallest absolute Gasteiger partial charge is 0.408 e. The molecule has 0 spiro atoms. The van der Waals surface area contributed by atoms with Crippen LogP contribution < -0.4 is 5.32 Å². The standard InChI is InChI=1S/C33H29NO5/c1-22(15-16-23-9-3-2-4-10-23)33(31(36)37,24-17-19-25(35)20-18-24)34-32(38)39-21-30-28-13-7-5-11-26(28)27-12-6-8-14-29(27)30/h2-15,17-19,30H,16,20-21H2,1H3,(H,34,38)(H,36,37)/b22-15+/t33-/m0/s1. The van der Waals surface area contributed by atoms with Gasteiger partial charge in [0, 0.05) is 12.3 Å². The molecule has 2 aliphatic carbocycles. The number of alkyl carbamates (subject to hydrolysis) is 1. The van der Waals surface area contributed by atoms with Gasteiger partial charge in [0.25, 0.3) is 0 Å². The fourth-order valence-corrected chi connectivity index (χ4v) is 5.38. The molecule has 0 aromatic heterocycles. The molecule has 1 atom stereocenters. The molecular weight excluding hydrogens is 490 g/mol. The van der Waals surface area contributed by atoms with Crippen LogP contribution in [0.2, 0.25) is 0 Å². The van der Waals surface area contributed by atoms with Crippen molar-refractivity contribution in [1.82, 2.24) is 5.32 Å². The van der Waals surface area contributed by atoms with Crippen LogP contribution in [0.25, 0.3) is 11.1 Å². The summed E-state index contributed by atoms with van der Waals surface area (Å²) in [4.78, 5) is 38.0. The van der Waals surface area contributed by atoms with Gasteiger partial charge in [0.15, 0.2) is 11.3 Å². The lowest BCUT2D eigenvalue weighted by Crippen LogP contribution is -2.57. The first-order valence-corrected chi connectivity index (χ1v) is 12.9. The number of hydrogen-bond donors (Lipinski definition) is 2. The summed E-state index contributed by atoms with van der Waals surface area (Å²) in [6.07, 6.45) is 5.83. The third-order valence-electron chi connectivity index (χ3n) is 7.44. The number of rotatable bonds is 8. The Hall–Kier alpha value is -4.71. The van der Waals surface area contributed by atoms with Gasteiger partial charge in [0.2, 0.25) is 0 Å². The lowest BCUT2D eigenvalue weighted by molar-refractivity contribution is -0.141. The molecule has 3 aromatic rings. The summed E-state index contributed by atoms with van der Waals surface area (Å²) < 4.78 is 5.71. The first-order valence-electron chi connectivity index (χ1n) is 12.9. The van der Waals surface area contributed by atoms with Crippen molar-refractivity contribution >= 4 is 17.8 Å². The zero-order chi connectivity index (χ0) is 27.4. The van der Waals surface area contributed by atoms with Crippen LogP contribution in [-0.2, 0) is 20.7 Å². The van der Waals surface area contributed by atoms with Crippen molar-refractivity contribution in [3.05, 3.63) is 131 Å². The Kier molecular flexibility index (Phi) is 7.28. The Labute approximate surface area is 227 Å². The van der Waals surface area contributed by atoms with Crippen molar-refractivity contribution in [2.75, 3.05) is 6.61 Å². The summed E-state index contributed by atoms with van der Waals surface area (Å²) in [5.74, 6) is -1.56. The molecule has 0 fully saturated rings. The van der Waals surface area contributed by atoms with Gasteiger partial charge in [-0.25, -0.2) is 9.59 Å². The third-order valence-corrected chi connectivity index (χ3v) is 7.44. The highest BCUT2D eigenvalue weighted by atomic mass is 16.5. The largest absolute Gasteiger partial charge is 0.479 e. The van der Waals surface area contributed by atoms with Crippen LogP contribution in [0.3, 0.4) is 0 Å². The minimum absolute atomic E-state index is 0.0513. The lowest BCUT2D eigenvalue weighted by Gasteiger charge is -2.33. The highest BCUT2D eigenvalue weighted by Gasteiger charge is 2.46. The van der Waals surface area contributed by atoms with Gasteiger partial charge >= 0.3 is 12.1 Å². The highest BCUT2D eigenvalue weighted by Crippen LogP contribution is 2.44. The Morgan fingerprint density at radius 2 is 1.56 bits per heavy atom. The molecule has 0 saturated carbocycles. The topological polar surface area (TPSA) is 92.7 Å². The number of carboxylic acids is 1. The number of ether oxygens (including phenoxy) is 1. The molecule has 5 rings (SSSR count). The number of carboxylic acid groups (broad SMARTS) is 1. The van der Waals surface area contributed by atoms with Crippen LogP contribution >= 0.6 is 0 Å². The van der Waals surface area contributed by atoms with E-state index in [1.54, 1.807) is 19.1 Å². The summed E-state index contributed by atoms with van der Waals surface area (Å²) >= 11 is 0. The molecule has 0 radical (unpaired) electrons. The Balaban J connectivity index is 1.42. The molecule has 0 bridgehead atoms. The molecule has 1 amide bonds. The van der Waals surface area contributed by atoms with Gasteiger partial charge in [-0.05, 0) is 58.4 Å². The van der Waals surface area contributed by atoms with Crippen LogP contribution in [0, 0.1) is 0 Å². The molecular formula is C33H29NO5. The first kappa shape index (κ1) is 25.9. The van der Waals surface area contributed by atoms with E-state index in [0.717, 1.165) is 27.8 Å². The fourth-order valence-electron chi connectivity index (χ4n) is 5.38. The molecule has 2 aliphatic rings. The summed E-state index contributed by atoms with van der Waals surface area (Å²) in [6, 6.07) is 25.6. The molecule has 6 heteroatoms. The van der Waals surface area contributed by atoms with E-state index in [2.05, 4.69) is 5.32 Å². The molecule has 196 valence electrons. The molecule has 0 saturated heterocycles. The van der Waals surface area contributed by atoms with E-state index in [-0.39, 0.29) is 24.7 Å². The minimum atomic E-state index is -1.89. The number of fused-ring (bicyclic) bond motifs is 3. The second-order valence-corrected chi connectivity index (χ2v) is 9.75.